The third-order valence-electron chi connectivity index (χ3n) is 6.29. The van der Waals surface area contributed by atoms with Crippen molar-refractivity contribution in [3.63, 3.8) is 0 Å². The minimum atomic E-state index is -0.479. The summed E-state index contributed by atoms with van der Waals surface area (Å²) in [5, 5.41) is 12.6. The Hall–Kier alpha value is -3.19. The van der Waals surface area contributed by atoms with Crippen LogP contribution in [-0.4, -0.2) is 44.0 Å². The van der Waals surface area contributed by atoms with Crippen LogP contribution >= 0.6 is 0 Å². The van der Waals surface area contributed by atoms with E-state index in [1.54, 1.807) is 6.07 Å². The van der Waals surface area contributed by atoms with Gasteiger partial charge in [-0.3, -0.25) is 9.59 Å². The van der Waals surface area contributed by atoms with Crippen LogP contribution in [0.2, 0.25) is 0 Å². The minimum absolute atomic E-state index is 0.0920. The van der Waals surface area contributed by atoms with E-state index in [2.05, 4.69) is 58.5 Å². The molecule has 1 atom stereocenters. The normalized spacial score (nSPS) is 18.1. The van der Waals surface area contributed by atoms with E-state index >= 15 is 0 Å². The third-order valence-corrected chi connectivity index (χ3v) is 6.29. The van der Waals surface area contributed by atoms with Crippen LogP contribution in [0.15, 0.2) is 60.3 Å². The lowest BCUT2D eigenvalue weighted by Crippen LogP contribution is -2.49. The molecule has 2 amide bonds. The highest BCUT2D eigenvalue weighted by atomic mass is 19.1. The summed E-state index contributed by atoms with van der Waals surface area (Å²) in [5.41, 5.74) is 4.74. The summed E-state index contributed by atoms with van der Waals surface area (Å²) in [6, 6.07) is 14.6. The molecule has 3 rings (SSSR count). The van der Waals surface area contributed by atoms with E-state index in [4.69, 9.17) is 0 Å². The number of rotatable bonds is 3. The lowest BCUT2D eigenvalue weighted by atomic mass is 9.99. The molecule has 0 fully saturated rings. The zero-order valence-electron chi connectivity index (χ0n) is 25.2. The molecule has 1 heterocycles. The van der Waals surface area contributed by atoms with Gasteiger partial charge in [-0.05, 0) is 80.8 Å². The van der Waals surface area contributed by atoms with Crippen molar-refractivity contribution in [2.45, 2.75) is 85.6 Å². The molecule has 0 spiro atoms. The average molecular weight is 555 g/mol. The first-order chi connectivity index (χ1) is 19.4. The number of fused-ring (bicyclic) bond motifs is 1. The third kappa shape index (κ3) is 14.8. The number of hydrogen-bond acceptors (Lipinski definition) is 4. The number of amides is 2. The lowest BCUT2D eigenvalue weighted by molar-refractivity contribution is -0.128. The second-order valence-corrected chi connectivity index (χ2v) is 9.64. The molecule has 4 N–H and O–H groups in total. The number of nitrogens with one attached hydrogen (secondary N) is 4. The molecule has 0 saturated carbocycles. The number of carbonyl (C=O) groups excluding carboxylic acids is 2. The van der Waals surface area contributed by atoms with Gasteiger partial charge in [-0.1, -0.05) is 76.6 Å². The largest absolute Gasteiger partial charge is 0.379 e. The number of allylic oxidation sites excluding steroid dienone is 1. The predicted octanol–water partition coefficient (Wildman–Crippen LogP) is 5.60. The molecule has 0 radical (unpaired) electrons. The van der Waals surface area contributed by atoms with Crippen LogP contribution in [0.3, 0.4) is 0 Å². The Morgan fingerprint density at radius 3 is 2.15 bits per heavy atom. The van der Waals surface area contributed by atoms with Gasteiger partial charge in [-0.2, -0.15) is 0 Å². The highest BCUT2D eigenvalue weighted by molar-refractivity contribution is 5.88. The average Bonchev–Trinajstić information content (AvgIpc) is 2.95. The summed E-state index contributed by atoms with van der Waals surface area (Å²) in [6.45, 7) is 12.4. The van der Waals surface area contributed by atoms with Gasteiger partial charge in [0, 0.05) is 18.8 Å². The number of halogens is 1. The van der Waals surface area contributed by atoms with Crippen molar-refractivity contribution in [3.05, 3.63) is 82.8 Å². The van der Waals surface area contributed by atoms with Gasteiger partial charge in [-0.15, -0.1) is 0 Å². The summed E-state index contributed by atoms with van der Waals surface area (Å²) >= 11 is 0. The molecule has 222 valence electrons. The van der Waals surface area contributed by atoms with E-state index < -0.39 is 6.04 Å². The highest BCUT2D eigenvalue weighted by Crippen LogP contribution is 2.13. The molecule has 7 heteroatoms. The Morgan fingerprint density at radius 2 is 1.57 bits per heavy atom. The van der Waals surface area contributed by atoms with Crippen molar-refractivity contribution in [2.75, 3.05) is 26.2 Å². The Bertz CT molecular complexity index is 1010. The number of carbonyl (C=O) groups is 2. The van der Waals surface area contributed by atoms with Gasteiger partial charge < -0.3 is 21.3 Å². The first kappa shape index (κ1) is 34.8. The summed E-state index contributed by atoms with van der Waals surface area (Å²) in [5.74, 6) is -0.406. The summed E-state index contributed by atoms with van der Waals surface area (Å²) in [7, 11) is 0. The molecule has 1 aliphatic heterocycles. The van der Waals surface area contributed by atoms with Gasteiger partial charge >= 0.3 is 0 Å². The monoisotopic (exact) mass is 554 g/mol. The minimum Gasteiger partial charge on any atom is -0.379 e. The van der Waals surface area contributed by atoms with E-state index in [9.17, 15) is 14.0 Å². The molecule has 0 aromatic heterocycles. The summed E-state index contributed by atoms with van der Waals surface area (Å²) in [4.78, 5) is 25.0. The van der Waals surface area contributed by atoms with Gasteiger partial charge in [0.1, 0.15) is 11.9 Å². The SMILES string of the molecule is CC.CCC=C1CNCCCc2ccccc2CCCNC(=O)C(CCC)NC(=O)CN1.Cc1cccc(F)c1. The van der Waals surface area contributed by atoms with Crippen molar-refractivity contribution in [3.8, 4) is 0 Å². The summed E-state index contributed by atoms with van der Waals surface area (Å²) in [6.07, 6.45) is 8.42. The van der Waals surface area contributed by atoms with E-state index in [-0.39, 0.29) is 24.2 Å². The highest BCUT2D eigenvalue weighted by Gasteiger charge is 2.19. The van der Waals surface area contributed by atoms with Crippen LogP contribution in [0.1, 0.15) is 76.5 Å². The Kier molecular flexibility index (Phi) is 18.8. The van der Waals surface area contributed by atoms with Crippen LogP contribution < -0.4 is 21.3 Å². The number of aryl methyl sites for hydroxylation is 3. The van der Waals surface area contributed by atoms with E-state index in [0.29, 0.717) is 19.5 Å². The van der Waals surface area contributed by atoms with E-state index in [1.807, 2.05) is 33.8 Å². The van der Waals surface area contributed by atoms with Gasteiger partial charge in [0.15, 0.2) is 0 Å². The molecule has 0 saturated heterocycles. The van der Waals surface area contributed by atoms with Gasteiger partial charge in [0.25, 0.3) is 0 Å². The van der Waals surface area contributed by atoms with Crippen molar-refractivity contribution >= 4 is 11.8 Å². The van der Waals surface area contributed by atoms with E-state index in [1.165, 1.54) is 23.3 Å². The Balaban J connectivity index is 0.000000675. The second-order valence-electron chi connectivity index (χ2n) is 9.64. The molecule has 2 aromatic carbocycles. The first-order valence-corrected chi connectivity index (χ1v) is 14.9. The van der Waals surface area contributed by atoms with Crippen LogP contribution in [0.4, 0.5) is 4.39 Å². The molecule has 1 aliphatic rings. The zero-order chi connectivity index (χ0) is 29.6. The van der Waals surface area contributed by atoms with E-state index in [0.717, 1.165) is 56.3 Å². The molecule has 0 aliphatic carbocycles. The van der Waals surface area contributed by atoms with Crippen molar-refractivity contribution in [1.82, 2.24) is 21.3 Å². The molecule has 2 aromatic rings. The van der Waals surface area contributed by atoms with Crippen molar-refractivity contribution in [2.24, 2.45) is 0 Å². The Morgan fingerprint density at radius 1 is 0.900 bits per heavy atom. The maximum absolute atomic E-state index is 12.6. The standard InChI is InChI=1S/C24H38N4O2.C7H7F.C2H6/c1-3-9-21-17-25-15-7-13-19-11-5-6-12-20(19)14-8-16-26-24(30)22(10-4-2)28-23(29)18-27-21;1-6-3-2-4-7(8)5-6;1-2/h5-6,9,11-12,22,25,27H,3-4,7-8,10,13-18H2,1-2H3,(H,26,30)(H,28,29);2-5H,1H3;1-2H3. The predicted molar refractivity (Wildman–Crippen MR) is 165 cm³/mol. The van der Waals surface area contributed by atoms with Crippen LogP contribution in [0.5, 0.6) is 0 Å². The van der Waals surface area contributed by atoms with Gasteiger partial charge in [0.2, 0.25) is 11.8 Å². The lowest BCUT2D eigenvalue weighted by Gasteiger charge is -2.19. The summed E-state index contributed by atoms with van der Waals surface area (Å²) < 4.78 is 12.2. The molecule has 1 unspecified atom stereocenters. The van der Waals surface area contributed by atoms with Gasteiger partial charge in [0.05, 0.1) is 6.54 Å². The second kappa shape index (κ2) is 21.6. The molecular formula is C33H51FN4O2. The van der Waals surface area contributed by atoms with Crippen molar-refractivity contribution < 1.29 is 14.0 Å². The topological polar surface area (TPSA) is 82.3 Å². The number of benzene rings is 2. The molecule has 40 heavy (non-hydrogen) atoms. The first-order valence-electron chi connectivity index (χ1n) is 14.9. The Labute approximate surface area is 241 Å². The van der Waals surface area contributed by atoms with Crippen LogP contribution in [0.25, 0.3) is 0 Å². The van der Waals surface area contributed by atoms with Crippen LogP contribution in [0, 0.1) is 12.7 Å². The smallest absolute Gasteiger partial charge is 0.242 e. The maximum atomic E-state index is 12.6. The fourth-order valence-corrected chi connectivity index (χ4v) is 4.34. The van der Waals surface area contributed by atoms with Crippen LogP contribution in [-0.2, 0) is 22.4 Å². The van der Waals surface area contributed by atoms with Crippen molar-refractivity contribution in [1.29, 1.82) is 0 Å². The quantitative estimate of drug-likeness (QED) is 0.398. The fourth-order valence-electron chi connectivity index (χ4n) is 4.34. The molecular weight excluding hydrogens is 503 g/mol. The maximum Gasteiger partial charge on any atom is 0.242 e. The fraction of sp³-hybridized carbons (Fsp3) is 0.515. The van der Waals surface area contributed by atoms with Gasteiger partial charge in [-0.25, -0.2) is 4.39 Å². The molecule has 0 bridgehead atoms. The molecule has 6 nitrogen and oxygen atoms in total. The zero-order valence-corrected chi connectivity index (χ0v) is 25.2. The number of hydrogen-bond donors (Lipinski definition) is 4.